The smallest absolute Gasteiger partial charge is 0.330 e. The molecule has 1 aromatic heterocycles. The highest BCUT2D eigenvalue weighted by Gasteiger charge is 2.63. The van der Waals surface area contributed by atoms with Crippen LogP contribution in [0.2, 0.25) is 0 Å². The van der Waals surface area contributed by atoms with E-state index >= 15 is 0 Å². The van der Waals surface area contributed by atoms with Crippen LogP contribution in [0, 0.1) is 0 Å². The molecule has 3 aromatic rings. The van der Waals surface area contributed by atoms with Gasteiger partial charge in [0.2, 0.25) is 5.89 Å². The summed E-state index contributed by atoms with van der Waals surface area (Å²) >= 11 is 0. The highest BCUT2D eigenvalue weighted by atomic mass is 16.5. The van der Waals surface area contributed by atoms with Gasteiger partial charge in [-0.1, -0.05) is 29.4 Å². The Morgan fingerprint density at radius 1 is 1.14 bits per heavy atom. The van der Waals surface area contributed by atoms with Gasteiger partial charge in [-0.25, -0.2) is 9.59 Å². The predicted octanol–water partition coefficient (Wildman–Crippen LogP) is 1.55. The molecule has 2 heterocycles. The van der Waals surface area contributed by atoms with Crippen LogP contribution in [-0.2, 0) is 11.2 Å². The molecular weight excluding hydrogens is 482 g/mol. The number of nitrogens with zero attached hydrogens (tertiary/aromatic N) is 3. The minimum atomic E-state index is -1.50. The number of phenols is 2. The molecule has 2 fully saturated rings. The van der Waals surface area contributed by atoms with E-state index in [9.17, 15) is 30.0 Å². The molecule has 5 rings (SSSR count). The fourth-order valence-corrected chi connectivity index (χ4v) is 4.85. The Kier molecular flexibility index (Phi) is 6.21. The van der Waals surface area contributed by atoms with Crippen molar-refractivity contribution in [2.75, 3.05) is 6.54 Å². The first kappa shape index (κ1) is 24.5. The van der Waals surface area contributed by atoms with Crippen molar-refractivity contribution in [1.82, 2.24) is 20.4 Å². The number of urea groups is 1. The van der Waals surface area contributed by atoms with Crippen molar-refractivity contribution in [3.63, 3.8) is 0 Å². The van der Waals surface area contributed by atoms with Crippen LogP contribution in [0.5, 0.6) is 11.5 Å². The molecule has 0 radical (unpaired) electrons. The maximum absolute atomic E-state index is 13.2. The molecule has 1 aliphatic carbocycles. The van der Waals surface area contributed by atoms with Gasteiger partial charge in [0.15, 0.2) is 5.82 Å². The molecule has 12 nitrogen and oxygen atoms in total. The minimum absolute atomic E-state index is 0.0344. The molecule has 0 bridgehead atoms. The first-order chi connectivity index (χ1) is 17.7. The molecule has 12 heteroatoms. The van der Waals surface area contributed by atoms with E-state index in [2.05, 4.69) is 15.5 Å². The van der Waals surface area contributed by atoms with Crippen LogP contribution in [0.15, 0.2) is 53.1 Å². The molecular formula is C25H27N5O7. The topological polar surface area (TPSA) is 195 Å². The summed E-state index contributed by atoms with van der Waals surface area (Å²) in [4.78, 5) is 31.0. The Labute approximate surface area is 211 Å². The van der Waals surface area contributed by atoms with Gasteiger partial charge < -0.3 is 40.9 Å². The lowest BCUT2D eigenvalue weighted by atomic mass is 10.1. The number of carboxylic acids is 1. The molecule has 1 saturated heterocycles. The number of hydrogen-bond acceptors (Lipinski definition) is 9. The molecule has 2 amide bonds. The lowest BCUT2D eigenvalue weighted by Crippen LogP contribution is -2.50. The quantitative estimate of drug-likeness (QED) is 0.272. The van der Waals surface area contributed by atoms with Gasteiger partial charge in [-0.05, 0) is 48.2 Å². The number of likely N-dealkylation sites (tertiary alicyclic amines) is 1. The lowest BCUT2D eigenvalue weighted by Gasteiger charge is -2.25. The third kappa shape index (κ3) is 4.80. The Hall–Kier alpha value is -4.16. The largest absolute Gasteiger partial charge is 0.508 e. The number of benzene rings is 2. The number of rotatable bonds is 7. The standard InChI is InChI=1S/C25H27N5O7/c26-19(9-13-1-5-15(31)6-2-13)21-27-22(37-29-21)20-10-17(33)12-30(20)24(36)28-25(23(34)35)11-18(25)14-3-7-16(32)8-4-14/h1-8,17-20,31-33H,9-12,26H2,(H,28,36)(H,34,35)/t17?,18?,19-,20-,25?/m0/s1. The van der Waals surface area contributed by atoms with Crippen molar-refractivity contribution in [1.29, 1.82) is 0 Å². The molecule has 2 aromatic carbocycles. The first-order valence-corrected chi connectivity index (χ1v) is 11.8. The van der Waals surface area contributed by atoms with Gasteiger partial charge in [0, 0.05) is 18.9 Å². The molecule has 0 spiro atoms. The third-order valence-electron chi connectivity index (χ3n) is 6.97. The number of aliphatic hydroxyl groups is 1. The maximum Gasteiger partial charge on any atom is 0.330 e. The number of amides is 2. The van der Waals surface area contributed by atoms with Gasteiger partial charge in [0.1, 0.15) is 23.1 Å². The molecule has 3 unspecified atom stereocenters. The van der Waals surface area contributed by atoms with Crippen molar-refractivity contribution in [2.24, 2.45) is 5.73 Å². The fraction of sp³-hybridized carbons (Fsp3) is 0.360. The van der Waals surface area contributed by atoms with Crippen LogP contribution in [-0.4, -0.2) is 65.7 Å². The van der Waals surface area contributed by atoms with E-state index in [1.807, 2.05) is 0 Å². The first-order valence-electron chi connectivity index (χ1n) is 11.8. The van der Waals surface area contributed by atoms with Gasteiger partial charge in [0.25, 0.3) is 0 Å². The Morgan fingerprint density at radius 2 is 1.78 bits per heavy atom. The van der Waals surface area contributed by atoms with E-state index in [1.165, 1.54) is 17.0 Å². The number of aliphatic hydroxyl groups excluding tert-OH is 1. The van der Waals surface area contributed by atoms with Crippen LogP contribution in [0.25, 0.3) is 0 Å². The second-order valence-electron chi connectivity index (χ2n) is 9.58. The number of β-amino-alcohol motifs (C(OH)–C–C–N with tert-alkyl or cyclic N) is 1. The predicted molar refractivity (Wildman–Crippen MR) is 127 cm³/mol. The Morgan fingerprint density at radius 3 is 2.43 bits per heavy atom. The van der Waals surface area contributed by atoms with E-state index in [-0.39, 0.29) is 42.6 Å². The zero-order valence-electron chi connectivity index (χ0n) is 19.7. The number of carbonyl (C=O) groups is 2. The van der Waals surface area contributed by atoms with E-state index < -0.39 is 41.6 Å². The van der Waals surface area contributed by atoms with Gasteiger partial charge >= 0.3 is 12.0 Å². The zero-order valence-corrected chi connectivity index (χ0v) is 19.7. The van der Waals surface area contributed by atoms with Crippen molar-refractivity contribution < 1.29 is 34.5 Å². The average Bonchev–Trinajstić information content (AvgIpc) is 3.19. The van der Waals surface area contributed by atoms with Crippen LogP contribution in [0.3, 0.4) is 0 Å². The minimum Gasteiger partial charge on any atom is -0.508 e. The number of aromatic nitrogens is 2. The van der Waals surface area contributed by atoms with Crippen molar-refractivity contribution in [2.45, 2.75) is 48.9 Å². The summed E-state index contributed by atoms with van der Waals surface area (Å²) in [5.74, 6) is -1.11. The summed E-state index contributed by atoms with van der Waals surface area (Å²) in [5.41, 5.74) is 6.28. The summed E-state index contributed by atoms with van der Waals surface area (Å²) in [6.45, 7) is -0.0344. The number of aromatic hydroxyl groups is 2. The van der Waals surface area contributed by atoms with Crippen molar-refractivity contribution in [3.05, 3.63) is 71.4 Å². The second-order valence-corrected chi connectivity index (χ2v) is 9.58. The fourth-order valence-electron chi connectivity index (χ4n) is 4.85. The number of nitrogens with one attached hydrogen (secondary N) is 1. The summed E-state index contributed by atoms with van der Waals surface area (Å²) in [5, 5.41) is 45.8. The van der Waals surface area contributed by atoms with E-state index in [1.54, 1.807) is 36.4 Å². The normalized spacial score (nSPS) is 25.6. The monoisotopic (exact) mass is 509 g/mol. The highest BCUT2D eigenvalue weighted by Crippen LogP contribution is 2.52. The number of aliphatic carboxylic acids is 1. The maximum atomic E-state index is 13.2. The Bertz CT molecular complexity index is 1300. The zero-order chi connectivity index (χ0) is 26.3. The van der Waals surface area contributed by atoms with E-state index in [4.69, 9.17) is 10.3 Å². The summed E-state index contributed by atoms with van der Waals surface area (Å²) in [7, 11) is 0. The highest BCUT2D eigenvalue weighted by molar-refractivity contribution is 5.91. The summed E-state index contributed by atoms with van der Waals surface area (Å²) in [6.07, 6.45) is -0.138. The van der Waals surface area contributed by atoms with Crippen LogP contribution < -0.4 is 11.1 Å². The number of carbonyl (C=O) groups excluding carboxylic acids is 1. The van der Waals surface area contributed by atoms with Crippen molar-refractivity contribution in [3.8, 4) is 11.5 Å². The second kappa shape index (κ2) is 9.37. The lowest BCUT2D eigenvalue weighted by molar-refractivity contribution is -0.140. The van der Waals surface area contributed by atoms with Crippen LogP contribution >= 0.6 is 0 Å². The van der Waals surface area contributed by atoms with Crippen molar-refractivity contribution >= 4 is 12.0 Å². The Balaban J connectivity index is 1.30. The molecule has 5 atom stereocenters. The average molecular weight is 510 g/mol. The van der Waals surface area contributed by atoms with Gasteiger partial charge in [0.05, 0.1) is 12.1 Å². The summed E-state index contributed by atoms with van der Waals surface area (Å²) in [6, 6.07) is 10.7. The molecule has 37 heavy (non-hydrogen) atoms. The molecule has 7 N–H and O–H groups in total. The molecule has 2 aliphatic rings. The van der Waals surface area contributed by atoms with Gasteiger partial charge in [-0.15, -0.1) is 0 Å². The molecule has 194 valence electrons. The van der Waals surface area contributed by atoms with E-state index in [0.717, 1.165) is 5.56 Å². The molecule has 1 saturated carbocycles. The van der Waals surface area contributed by atoms with Crippen LogP contribution in [0.1, 0.15) is 53.7 Å². The SMILES string of the molecule is N[C@@H](Cc1ccc(O)cc1)c1noc([C@@H]2CC(O)CN2C(=O)NC2(C(=O)O)CC2c2ccc(O)cc2)n1. The number of hydrogen-bond donors (Lipinski definition) is 6. The van der Waals surface area contributed by atoms with Gasteiger partial charge in [-0.2, -0.15) is 4.98 Å². The number of phenolic OH excluding ortho intramolecular Hbond substituents is 2. The third-order valence-corrected chi connectivity index (χ3v) is 6.97. The number of nitrogens with two attached hydrogens (primary N) is 1. The van der Waals surface area contributed by atoms with Crippen LogP contribution in [0.4, 0.5) is 4.79 Å². The molecule has 1 aliphatic heterocycles. The van der Waals surface area contributed by atoms with E-state index in [0.29, 0.717) is 12.0 Å². The van der Waals surface area contributed by atoms with Gasteiger partial charge in [-0.3, -0.25) is 0 Å². The summed E-state index contributed by atoms with van der Waals surface area (Å²) < 4.78 is 5.40. The number of carboxylic acid groups (broad SMARTS) is 1.